The lowest BCUT2D eigenvalue weighted by atomic mass is 9.79. The first kappa shape index (κ1) is 28.9. The Hall–Kier alpha value is -0.680. The van der Waals surface area contributed by atoms with Crippen LogP contribution in [0.5, 0.6) is 0 Å². The van der Waals surface area contributed by atoms with Crippen molar-refractivity contribution in [2.45, 2.75) is 134 Å². The summed E-state index contributed by atoms with van der Waals surface area (Å²) in [7, 11) is 0. The van der Waals surface area contributed by atoms with Gasteiger partial charge in [0.1, 0.15) is 0 Å². The summed E-state index contributed by atoms with van der Waals surface area (Å²) in [6, 6.07) is 0. The molecule has 0 aromatic rings. The fourth-order valence-corrected chi connectivity index (χ4v) is 6.35. The number of rotatable bonds is 10. The van der Waals surface area contributed by atoms with Crippen LogP contribution < -0.4 is 11.1 Å². The van der Waals surface area contributed by atoms with Gasteiger partial charge in [-0.15, -0.1) is 5.92 Å². The van der Waals surface area contributed by atoms with Crippen LogP contribution in [-0.4, -0.2) is 59.1 Å². The van der Waals surface area contributed by atoms with Gasteiger partial charge in [-0.3, -0.25) is 0 Å². The molecule has 2 fully saturated rings. The molecule has 0 radical (unpaired) electrons. The molecule has 6 heteroatoms. The minimum atomic E-state index is -0.527. The Bertz CT molecular complexity index is 650. The van der Waals surface area contributed by atoms with Crippen LogP contribution in [0.25, 0.3) is 0 Å². The van der Waals surface area contributed by atoms with Crippen LogP contribution >= 0.6 is 0 Å². The zero-order chi connectivity index (χ0) is 25.0. The van der Waals surface area contributed by atoms with Crippen molar-refractivity contribution in [2.75, 3.05) is 13.2 Å². The minimum Gasteiger partial charge on any atom is -0.393 e. The number of aliphatic hydroxyl groups excluding tert-OH is 3. The normalized spacial score (nSPS) is 37.7. The molecule has 3 aliphatic rings. The molecular weight excluding hydrogens is 440 g/mol. The zero-order valence-electron chi connectivity index (χ0n) is 22.0. The van der Waals surface area contributed by atoms with E-state index in [2.05, 4.69) is 24.1 Å². The van der Waals surface area contributed by atoms with E-state index < -0.39 is 12.2 Å². The van der Waals surface area contributed by atoms with E-state index in [1.54, 1.807) is 0 Å². The van der Waals surface area contributed by atoms with Gasteiger partial charge in [0.15, 0.2) is 0 Å². The summed E-state index contributed by atoms with van der Waals surface area (Å²) in [6.07, 6.45) is 12.9. The molecule has 9 atom stereocenters. The molecule has 0 amide bonds. The van der Waals surface area contributed by atoms with Crippen LogP contribution in [0.3, 0.4) is 0 Å². The van der Waals surface area contributed by atoms with Crippen LogP contribution in [0.4, 0.5) is 0 Å². The Kier molecular flexibility index (Phi) is 12.8. The van der Waals surface area contributed by atoms with Gasteiger partial charge in [0.05, 0.1) is 30.6 Å². The highest BCUT2D eigenvalue weighted by Crippen LogP contribution is 2.32. The average Bonchev–Trinajstić information content (AvgIpc) is 2.85. The Morgan fingerprint density at radius 1 is 1.00 bits per heavy atom. The molecule has 2 aliphatic carbocycles. The molecule has 0 aromatic carbocycles. The van der Waals surface area contributed by atoms with Crippen LogP contribution in [0, 0.1) is 35.5 Å². The van der Waals surface area contributed by atoms with E-state index in [-0.39, 0.29) is 24.3 Å². The fraction of sp³-hybridized carbons (Fsp3) is 0.931. The fourth-order valence-electron chi connectivity index (χ4n) is 6.35. The Morgan fingerprint density at radius 3 is 2.60 bits per heavy atom. The number of nitrogens with one attached hydrogen (secondary N) is 1. The van der Waals surface area contributed by atoms with Crippen LogP contribution in [0.1, 0.15) is 103 Å². The highest BCUT2D eigenvalue weighted by Gasteiger charge is 2.32. The molecule has 1 heterocycles. The third-order valence-electron chi connectivity index (χ3n) is 8.80. The molecule has 6 nitrogen and oxygen atoms in total. The second-order valence-electron chi connectivity index (χ2n) is 11.5. The van der Waals surface area contributed by atoms with Crippen molar-refractivity contribution in [1.29, 1.82) is 0 Å². The van der Waals surface area contributed by atoms with E-state index in [0.29, 0.717) is 37.2 Å². The van der Waals surface area contributed by atoms with E-state index in [1.165, 1.54) is 6.42 Å². The summed E-state index contributed by atoms with van der Waals surface area (Å²) in [5.41, 5.74) is 6.01. The summed E-state index contributed by atoms with van der Waals surface area (Å²) >= 11 is 0. The van der Waals surface area contributed by atoms with E-state index >= 15 is 0 Å². The molecule has 1 aliphatic heterocycles. The first-order chi connectivity index (χ1) is 17.0. The standard InChI is InChI=1S/C29H52N2O4/c1-2-21-7-3-4-11-25(32)24(10-5-8-21)26(33)14-12-23-13-15-27(34)28(19-23)35-18-6-9-22-16-17-31-29(30)20-22/h21-29,31-34H,2-4,6-7,9-20,30H2,1H3. The van der Waals surface area contributed by atoms with E-state index in [1.807, 2.05) is 0 Å². The third-order valence-corrected chi connectivity index (χ3v) is 8.80. The number of ether oxygens (including phenoxy) is 1. The molecule has 3 rings (SSSR count). The van der Waals surface area contributed by atoms with E-state index in [0.717, 1.165) is 83.6 Å². The molecule has 202 valence electrons. The van der Waals surface area contributed by atoms with E-state index in [9.17, 15) is 15.3 Å². The predicted octanol–water partition coefficient (Wildman–Crippen LogP) is 3.71. The van der Waals surface area contributed by atoms with Crippen molar-refractivity contribution in [3.05, 3.63) is 0 Å². The van der Waals surface area contributed by atoms with Crippen molar-refractivity contribution in [2.24, 2.45) is 29.4 Å². The third kappa shape index (κ3) is 9.95. The monoisotopic (exact) mass is 492 g/mol. The number of hydrogen-bond donors (Lipinski definition) is 5. The van der Waals surface area contributed by atoms with Crippen molar-refractivity contribution >= 4 is 0 Å². The van der Waals surface area contributed by atoms with Gasteiger partial charge in [0.2, 0.25) is 0 Å². The lowest BCUT2D eigenvalue weighted by Crippen LogP contribution is -2.44. The second-order valence-corrected chi connectivity index (χ2v) is 11.5. The first-order valence-corrected chi connectivity index (χ1v) is 14.6. The zero-order valence-corrected chi connectivity index (χ0v) is 22.0. The maximum atomic E-state index is 11.0. The molecule has 1 saturated heterocycles. The smallest absolute Gasteiger partial charge is 0.0836 e. The van der Waals surface area contributed by atoms with Crippen LogP contribution in [0.15, 0.2) is 0 Å². The SMILES string of the molecule is CCC1C#CCC(C(O)CCC2CCC(O)C(OCCCC3CCNC(N)C3)C2)C(O)CCCC1. The molecule has 0 bridgehead atoms. The van der Waals surface area contributed by atoms with Gasteiger partial charge < -0.3 is 31.1 Å². The van der Waals surface area contributed by atoms with Gasteiger partial charge in [-0.25, -0.2) is 0 Å². The molecule has 0 spiro atoms. The van der Waals surface area contributed by atoms with Crippen molar-refractivity contribution in [3.63, 3.8) is 0 Å². The lowest BCUT2D eigenvalue weighted by molar-refractivity contribution is -0.0755. The maximum Gasteiger partial charge on any atom is 0.0836 e. The van der Waals surface area contributed by atoms with Crippen LogP contribution in [-0.2, 0) is 4.74 Å². The second kappa shape index (κ2) is 15.5. The van der Waals surface area contributed by atoms with Gasteiger partial charge in [-0.05, 0) is 95.4 Å². The summed E-state index contributed by atoms with van der Waals surface area (Å²) < 4.78 is 6.14. The van der Waals surface area contributed by atoms with Crippen molar-refractivity contribution in [3.8, 4) is 11.8 Å². The minimum absolute atomic E-state index is 0.0998. The highest BCUT2D eigenvalue weighted by molar-refractivity contribution is 5.06. The average molecular weight is 493 g/mol. The Morgan fingerprint density at radius 2 is 1.80 bits per heavy atom. The van der Waals surface area contributed by atoms with Gasteiger partial charge in [0.25, 0.3) is 0 Å². The lowest BCUT2D eigenvalue weighted by Gasteiger charge is -2.34. The molecular formula is C29H52N2O4. The number of aliphatic hydroxyl groups is 3. The Labute approximate surface area is 213 Å². The summed E-state index contributed by atoms with van der Waals surface area (Å²) in [4.78, 5) is 0. The largest absolute Gasteiger partial charge is 0.393 e. The first-order valence-electron chi connectivity index (χ1n) is 14.6. The van der Waals surface area contributed by atoms with Crippen LogP contribution in [0.2, 0.25) is 0 Å². The quantitative estimate of drug-likeness (QED) is 0.235. The predicted molar refractivity (Wildman–Crippen MR) is 140 cm³/mol. The molecule has 35 heavy (non-hydrogen) atoms. The molecule has 0 aromatic heterocycles. The van der Waals surface area contributed by atoms with Gasteiger partial charge in [0, 0.05) is 24.9 Å². The molecule has 9 unspecified atom stereocenters. The van der Waals surface area contributed by atoms with Gasteiger partial charge >= 0.3 is 0 Å². The number of nitrogens with two attached hydrogens (primary N) is 1. The van der Waals surface area contributed by atoms with Crippen molar-refractivity contribution in [1.82, 2.24) is 5.32 Å². The number of piperidine rings is 1. The summed E-state index contributed by atoms with van der Waals surface area (Å²) in [5.74, 6) is 8.08. The number of hydrogen-bond acceptors (Lipinski definition) is 6. The highest BCUT2D eigenvalue weighted by atomic mass is 16.5. The topological polar surface area (TPSA) is 108 Å². The van der Waals surface area contributed by atoms with Gasteiger partial charge in [-0.1, -0.05) is 25.7 Å². The Balaban J connectivity index is 1.40. The molecule has 6 N–H and O–H groups in total. The molecule has 1 saturated carbocycles. The van der Waals surface area contributed by atoms with E-state index in [4.69, 9.17) is 10.5 Å². The van der Waals surface area contributed by atoms with Crippen molar-refractivity contribution < 1.29 is 20.1 Å². The van der Waals surface area contributed by atoms with Gasteiger partial charge in [-0.2, -0.15) is 0 Å². The summed E-state index contributed by atoms with van der Waals surface area (Å²) in [5, 5.41) is 35.5. The maximum absolute atomic E-state index is 11.0. The summed E-state index contributed by atoms with van der Waals surface area (Å²) in [6.45, 7) is 3.89.